The number of aryl methyl sites for hydroxylation is 1. The van der Waals surface area contributed by atoms with Gasteiger partial charge in [0.15, 0.2) is 0 Å². The van der Waals surface area contributed by atoms with Crippen LogP contribution < -0.4 is 16.2 Å². The SMILES string of the molecule is COc1cc(C)c(C(O)C(N)CCN)c(C)c1C. The summed E-state index contributed by atoms with van der Waals surface area (Å²) in [5.41, 5.74) is 15.4. The van der Waals surface area contributed by atoms with Crippen LogP contribution in [0.1, 0.15) is 34.8 Å². The Bertz CT molecular complexity index is 419. The quantitative estimate of drug-likeness (QED) is 0.738. The zero-order chi connectivity index (χ0) is 13.9. The average molecular weight is 252 g/mol. The molecular formula is C14H24N2O2. The highest BCUT2D eigenvalue weighted by atomic mass is 16.5. The van der Waals surface area contributed by atoms with Gasteiger partial charge >= 0.3 is 0 Å². The fraction of sp³-hybridized carbons (Fsp3) is 0.571. The van der Waals surface area contributed by atoms with Gasteiger partial charge in [-0.3, -0.25) is 0 Å². The number of nitrogens with two attached hydrogens (primary N) is 2. The van der Waals surface area contributed by atoms with Crippen LogP contribution >= 0.6 is 0 Å². The maximum Gasteiger partial charge on any atom is 0.122 e. The van der Waals surface area contributed by atoms with Crippen molar-refractivity contribution in [3.05, 3.63) is 28.3 Å². The van der Waals surface area contributed by atoms with E-state index in [2.05, 4.69) is 0 Å². The van der Waals surface area contributed by atoms with E-state index in [0.29, 0.717) is 13.0 Å². The zero-order valence-electron chi connectivity index (χ0n) is 11.7. The molecule has 102 valence electrons. The number of methoxy groups -OCH3 is 1. The highest BCUT2D eigenvalue weighted by Gasteiger charge is 2.22. The Kier molecular flexibility index (Phi) is 5.14. The van der Waals surface area contributed by atoms with Crippen LogP contribution in [-0.4, -0.2) is 24.8 Å². The summed E-state index contributed by atoms with van der Waals surface area (Å²) in [5.74, 6) is 0.841. The molecule has 5 N–H and O–H groups in total. The molecule has 0 aliphatic rings. The molecule has 0 bridgehead atoms. The van der Waals surface area contributed by atoms with Crippen molar-refractivity contribution >= 4 is 0 Å². The molecule has 18 heavy (non-hydrogen) atoms. The van der Waals surface area contributed by atoms with Crippen LogP contribution in [0, 0.1) is 20.8 Å². The maximum absolute atomic E-state index is 10.3. The first-order valence-corrected chi connectivity index (χ1v) is 6.22. The molecule has 2 atom stereocenters. The van der Waals surface area contributed by atoms with Crippen LogP contribution in [0.15, 0.2) is 6.07 Å². The Balaban J connectivity index is 3.20. The van der Waals surface area contributed by atoms with Gasteiger partial charge in [-0.1, -0.05) is 0 Å². The Morgan fingerprint density at radius 2 is 1.89 bits per heavy atom. The molecule has 1 rings (SSSR count). The Morgan fingerprint density at radius 1 is 1.28 bits per heavy atom. The van der Waals surface area contributed by atoms with Crippen molar-refractivity contribution in [2.45, 2.75) is 39.3 Å². The number of ether oxygens (including phenoxy) is 1. The van der Waals surface area contributed by atoms with Crippen molar-refractivity contribution in [3.8, 4) is 5.75 Å². The second kappa shape index (κ2) is 6.18. The monoisotopic (exact) mass is 252 g/mol. The maximum atomic E-state index is 10.3. The van der Waals surface area contributed by atoms with E-state index in [-0.39, 0.29) is 6.04 Å². The highest BCUT2D eigenvalue weighted by Crippen LogP contribution is 2.32. The molecule has 0 amide bonds. The molecule has 1 aromatic rings. The molecule has 0 radical (unpaired) electrons. The van der Waals surface area contributed by atoms with Crippen molar-refractivity contribution in [2.75, 3.05) is 13.7 Å². The number of aliphatic hydroxyl groups is 1. The van der Waals surface area contributed by atoms with Crippen molar-refractivity contribution in [2.24, 2.45) is 11.5 Å². The normalized spacial score (nSPS) is 14.4. The van der Waals surface area contributed by atoms with Crippen molar-refractivity contribution in [1.29, 1.82) is 0 Å². The highest BCUT2D eigenvalue weighted by molar-refractivity contribution is 5.49. The lowest BCUT2D eigenvalue weighted by atomic mass is 9.89. The van der Waals surface area contributed by atoms with Crippen LogP contribution in [0.25, 0.3) is 0 Å². The first kappa shape index (κ1) is 15.0. The van der Waals surface area contributed by atoms with E-state index in [0.717, 1.165) is 28.0 Å². The molecule has 0 saturated carbocycles. The number of hydrogen-bond donors (Lipinski definition) is 3. The Labute approximate surface area is 109 Å². The average Bonchev–Trinajstić information content (AvgIpc) is 2.34. The molecule has 0 aliphatic heterocycles. The van der Waals surface area contributed by atoms with Gasteiger partial charge in [-0.15, -0.1) is 0 Å². The van der Waals surface area contributed by atoms with Crippen LogP contribution in [0.3, 0.4) is 0 Å². The smallest absolute Gasteiger partial charge is 0.122 e. The van der Waals surface area contributed by atoms with Gasteiger partial charge in [-0.2, -0.15) is 0 Å². The van der Waals surface area contributed by atoms with E-state index >= 15 is 0 Å². The van der Waals surface area contributed by atoms with Crippen molar-refractivity contribution in [3.63, 3.8) is 0 Å². The molecule has 0 aromatic heterocycles. The molecule has 2 unspecified atom stereocenters. The summed E-state index contributed by atoms with van der Waals surface area (Å²) in [6.07, 6.45) is -0.0800. The van der Waals surface area contributed by atoms with Gasteiger partial charge in [-0.05, 0) is 62.1 Å². The first-order chi connectivity index (χ1) is 8.43. The number of aliphatic hydroxyl groups excluding tert-OH is 1. The third-order valence-electron chi connectivity index (χ3n) is 3.53. The Hall–Kier alpha value is -1.10. The number of hydrogen-bond acceptors (Lipinski definition) is 4. The van der Waals surface area contributed by atoms with E-state index in [1.165, 1.54) is 0 Å². The predicted molar refractivity (Wildman–Crippen MR) is 73.8 cm³/mol. The summed E-state index contributed by atoms with van der Waals surface area (Å²) in [6, 6.07) is 1.61. The molecular weight excluding hydrogens is 228 g/mol. The molecule has 0 spiro atoms. The second-order valence-corrected chi connectivity index (χ2v) is 4.75. The van der Waals surface area contributed by atoms with E-state index in [1.54, 1.807) is 7.11 Å². The third kappa shape index (κ3) is 2.83. The lowest BCUT2D eigenvalue weighted by Gasteiger charge is -2.24. The standard InChI is InChI=1S/C14H24N2O2/c1-8-7-12(18-4)9(2)10(3)13(8)14(17)11(16)5-6-15/h7,11,14,17H,5-6,15-16H2,1-4H3. The van der Waals surface area contributed by atoms with Crippen LogP contribution in [0.5, 0.6) is 5.75 Å². The van der Waals surface area contributed by atoms with Gasteiger partial charge in [0.25, 0.3) is 0 Å². The first-order valence-electron chi connectivity index (χ1n) is 6.22. The lowest BCUT2D eigenvalue weighted by Crippen LogP contribution is -2.31. The van der Waals surface area contributed by atoms with Crippen LogP contribution in [0.2, 0.25) is 0 Å². The Morgan fingerprint density at radius 3 is 2.39 bits per heavy atom. The minimum atomic E-state index is -0.682. The molecule has 0 fully saturated rings. The summed E-state index contributed by atoms with van der Waals surface area (Å²) in [4.78, 5) is 0. The minimum absolute atomic E-state index is 0.333. The van der Waals surface area contributed by atoms with Gasteiger partial charge < -0.3 is 21.3 Å². The van der Waals surface area contributed by atoms with Gasteiger partial charge in [0.05, 0.1) is 13.2 Å². The molecule has 0 saturated heterocycles. The van der Waals surface area contributed by atoms with Crippen molar-refractivity contribution in [1.82, 2.24) is 0 Å². The van der Waals surface area contributed by atoms with Gasteiger partial charge in [0.2, 0.25) is 0 Å². The second-order valence-electron chi connectivity index (χ2n) is 4.75. The van der Waals surface area contributed by atoms with Gasteiger partial charge in [0, 0.05) is 6.04 Å². The minimum Gasteiger partial charge on any atom is -0.496 e. The van der Waals surface area contributed by atoms with Gasteiger partial charge in [-0.25, -0.2) is 0 Å². The van der Waals surface area contributed by atoms with Crippen LogP contribution in [0.4, 0.5) is 0 Å². The lowest BCUT2D eigenvalue weighted by molar-refractivity contribution is 0.141. The summed E-state index contributed by atoms with van der Waals surface area (Å²) in [7, 11) is 1.65. The molecule has 1 aromatic carbocycles. The zero-order valence-corrected chi connectivity index (χ0v) is 11.7. The van der Waals surface area contributed by atoms with Gasteiger partial charge in [0.1, 0.15) is 5.75 Å². The fourth-order valence-electron chi connectivity index (χ4n) is 2.30. The molecule has 0 aliphatic carbocycles. The molecule has 0 heterocycles. The topological polar surface area (TPSA) is 81.5 Å². The summed E-state index contributed by atoms with van der Waals surface area (Å²) in [6.45, 7) is 6.41. The van der Waals surface area contributed by atoms with E-state index in [4.69, 9.17) is 16.2 Å². The van der Waals surface area contributed by atoms with Crippen molar-refractivity contribution < 1.29 is 9.84 Å². The van der Waals surface area contributed by atoms with E-state index < -0.39 is 6.10 Å². The number of rotatable bonds is 5. The van der Waals surface area contributed by atoms with E-state index in [1.807, 2.05) is 26.8 Å². The molecule has 4 heteroatoms. The summed E-state index contributed by atoms with van der Waals surface area (Å²) >= 11 is 0. The third-order valence-corrected chi connectivity index (χ3v) is 3.53. The summed E-state index contributed by atoms with van der Waals surface area (Å²) < 4.78 is 5.32. The fourth-order valence-corrected chi connectivity index (χ4v) is 2.30. The predicted octanol–water partition coefficient (Wildman–Crippen LogP) is 1.33. The largest absolute Gasteiger partial charge is 0.496 e. The molecule has 4 nitrogen and oxygen atoms in total. The number of benzene rings is 1. The van der Waals surface area contributed by atoms with Crippen LogP contribution in [-0.2, 0) is 0 Å². The van der Waals surface area contributed by atoms with E-state index in [9.17, 15) is 5.11 Å². The summed E-state index contributed by atoms with van der Waals surface area (Å²) in [5, 5.41) is 10.3.